The summed E-state index contributed by atoms with van der Waals surface area (Å²) in [7, 11) is 2.05. The predicted octanol–water partition coefficient (Wildman–Crippen LogP) is 2.33. The number of carbonyl (C=O) groups is 1. The number of nitrogens with zero attached hydrogens (tertiary/aromatic N) is 1. The minimum Gasteiger partial charge on any atom is -0.374 e. The summed E-state index contributed by atoms with van der Waals surface area (Å²) in [5.41, 5.74) is 4.35. The second-order valence-electron chi connectivity index (χ2n) is 4.07. The van der Waals surface area contributed by atoms with Gasteiger partial charge in [0.2, 0.25) is 0 Å². The molecule has 0 bridgehead atoms. The first-order valence-electron chi connectivity index (χ1n) is 4.95. The Morgan fingerprint density at radius 3 is 2.71 bits per heavy atom. The van der Waals surface area contributed by atoms with Crippen LogP contribution in [0.4, 0.5) is 5.69 Å². The highest BCUT2D eigenvalue weighted by Gasteiger charge is 2.22. The van der Waals surface area contributed by atoms with E-state index in [2.05, 4.69) is 24.0 Å². The molecule has 2 heteroatoms. The van der Waals surface area contributed by atoms with Crippen LogP contribution >= 0.6 is 0 Å². The van der Waals surface area contributed by atoms with Crippen LogP contribution in [0.15, 0.2) is 12.1 Å². The fourth-order valence-electron chi connectivity index (χ4n) is 2.12. The standard InChI is InChI=1S/C12H15NO/c1-8-6-9(2)12-10(7-8)13(3)5-4-11(12)14/h6-7H,4-5H2,1-3H3. The number of hydrogen-bond acceptors (Lipinski definition) is 2. The molecule has 0 aliphatic carbocycles. The maximum Gasteiger partial charge on any atom is 0.166 e. The average Bonchev–Trinajstić information content (AvgIpc) is 2.10. The molecule has 0 aromatic heterocycles. The van der Waals surface area contributed by atoms with E-state index in [1.54, 1.807) is 0 Å². The number of benzene rings is 1. The fourth-order valence-corrected chi connectivity index (χ4v) is 2.12. The largest absolute Gasteiger partial charge is 0.374 e. The van der Waals surface area contributed by atoms with Crippen molar-refractivity contribution in [3.05, 3.63) is 28.8 Å². The van der Waals surface area contributed by atoms with Gasteiger partial charge in [-0.1, -0.05) is 6.07 Å². The fraction of sp³-hybridized carbons (Fsp3) is 0.417. The molecule has 0 fully saturated rings. The number of anilines is 1. The first kappa shape index (κ1) is 9.25. The zero-order chi connectivity index (χ0) is 10.3. The number of rotatable bonds is 0. The molecule has 1 heterocycles. The van der Waals surface area contributed by atoms with Gasteiger partial charge in [0.15, 0.2) is 5.78 Å². The molecule has 0 saturated heterocycles. The lowest BCUT2D eigenvalue weighted by Gasteiger charge is -2.28. The normalized spacial score (nSPS) is 15.6. The topological polar surface area (TPSA) is 20.3 Å². The molecule has 2 rings (SSSR count). The molecule has 0 amide bonds. The molecular weight excluding hydrogens is 174 g/mol. The summed E-state index contributed by atoms with van der Waals surface area (Å²) >= 11 is 0. The molecular formula is C12H15NO. The SMILES string of the molecule is Cc1cc(C)c2c(c1)N(C)CCC2=O. The van der Waals surface area contributed by atoms with Crippen LogP contribution in [-0.4, -0.2) is 19.4 Å². The number of fused-ring (bicyclic) bond motifs is 1. The molecule has 0 spiro atoms. The molecule has 0 radical (unpaired) electrons. The van der Waals surface area contributed by atoms with Gasteiger partial charge in [0, 0.05) is 31.3 Å². The van der Waals surface area contributed by atoms with E-state index in [0.29, 0.717) is 6.42 Å². The molecule has 1 aromatic rings. The van der Waals surface area contributed by atoms with Crippen LogP contribution in [0.2, 0.25) is 0 Å². The van der Waals surface area contributed by atoms with Gasteiger partial charge < -0.3 is 4.90 Å². The van der Waals surface area contributed by atoms with Gasteiger partial charge in [0.1, 0.15) is 0 Å². The minimum absolute atomic E-state index is 0.288. The Bertz CT molecular complexity index is 396. The van der Waals surface area contributed by atoms with Crippen molar-refractivity contribution in [1.82, 2.24) is 0 Å². The van der Waals surface area contributed by atoms with Gasteiger partial charge in [-0.3, -0.25) is 4.79 Å². The van der Waals surface area contributed by atoms with Crippen LogP contribution in [0.25, 0.3) is 0 Å². The van der Waals surface area contributed by atoms with E-state index < -0.39 is 0 Å². The van der Waals surface area contributed by atoms with E-state index in [-0.39, 0.29) is 5.78 Å². The first-order chi connectivity index (χ1) is 6.59. The van der Waals surface area contributed by atoms with Crippen molar-refractivity contribution in [3.63, 3.8) is 0 Å². The molecule has 2 nitrogen and oxygen atoms in total. The summed E-state index contributed by atoms with van der Waals surface area (Å²) in [5.74, 6) is 0.288. The molecule has 0 atom stereocenters. The molecule has 74 valence electrons. The molecule has 0 N–H and O–H groups in total. The van der Waals surface area contributed by atoms with Crippen LogP contribution in [0.5, 0.6) is 0 Å². The lowest BCUT2D eigenvalue weighted by Crippen LogP contribution is -2.29. The number of hydrogen-bond donors (Lipinski definition) is 0. The summed E-state index contributed by atoms with van der Waals surface area (Å²) in [5, 5.41) is 0. The van der Waals surface area contributed by atoms with Gasteiger partial charge in [0.05, 0.1) is 0 Å². The van der Waals surface area contributed by atoms with Gasteiger partial charge in [0.25, 0.3) is 0 Å². The molecule has 0 unspecified atom stereocenters. The maximum atomic E-state index is 11.7. The first-order valence-corrected chi connectivity index (χ1v) is 4.95. The zero-order valence-corrected chi connectivity index (χ0v) is 8.92. The van der Waals surface area contributed by atoms with E-state index in [4.69, 9.17) is 0 Å². The van der Waals surface area contributed by atoms with E-state index in [1.807, 2.05) is 14.0 Å². The lowest BCUT2D eigenvalue weighted by atomic mass is 9.94. The predicted molar refractivity (Wildman–Crippen MR) is 58.1 cm³/mol. The molecule has 0 saturated carbocycles. The second kappa shape index (κ2) is 3.12. The van der Waals surface area contributed by atoms with Crippen molar-refractivity contribution in [2.75, 3.05) is 18.5 Å². The van der Waals surface area contributed by atoms with E-state index in [0.717, 1.165) is 23.4 Å². The minimum atomic E-state index is 0.288. The highest BCUT2D eigenvalue weighted by atomic mass is 16.1. The van der Waals surface area contributed by atoms with Gasteiger partial charge in [-0.05, 0) is 31.0 Å². The van der Waals surface area contributed by atoms with Crippen LogP contribution in [0.3, 0.4) is 0 Å². The molecule has 1 aliphatic rings. The average molecular weight is 189 g/mol. The van der Waals surface area contributed by atoms with Crippen LogP contribution in [0.1, 0.15) is 27.9 Å². The van der Waals surface area contributed by atoms with Crippen molar-refractivity contribution in [2.45, 2.75) is 20.3 Å². The van der Waals surface area contributed by atoms with Crippen molar-refractivity contribution in [3.8, 4) is 0 Å². The van der Waals surface area contributed by atoms with E-state index in [1.165, 1.54) is 5.56 Å². The number of aryl methyl sites for hydroxylation is 2. The Morgan fingerprint density at radius 2 is 2.00 bits per heavy atom. The monoisotopic (exact) mass is 189 g/mol. The Hall–Kier alpha value is -1.31. The van der Waals surface area contributed by atoms with Crippen molar-refractivity contribution >= 4 is 11.5 Å². The lowest BCUT2D eigenvalue weighted by molar-refractivity contribution is 0.0980. The number of Topliss-reactive ketones (excluding diaryl/α,β-unsaturated/α-hetero) is 1. The van der Waals surface area contributed by atoms with E-state index >= 15 is 0 Å². The van der Waals surface area contributed by atoms with E-state index in [9.17, 15) is 4.79 Å². The van der Waals surface area contributed by atoms with Gasteiger partial charge >= 0.3 is 0 Å². The Labute approximate surface area is 84.5 Å². The summed E-state index contributed by atoms with van der Waals surface area (Å²) in [6.07, 6.45) is 0.646. The van der Waals surface area contributed by atoms with Gasteiger partial charge in [-0.25, -0.2) is 0 Å². The van der Waals surface area contributed by atoms with Crippen molar-refractivity contribution < 1.29 is 4.79 Å². The Kier molecular flexibility index (Phi) is 2.06. The van der Waals surface area contributed by atoms with Crippen LogP contribution in [0, 0.1) is 13.8 Å². The maximum absolute atomic E-state index is 11.7. The Morgan fingerprint density at radius 1 is 1.29 bits per heavy atom. The molecule has 14 heavy (non-hydrogen) atoms. The summed E-state index contributed by atoms with van der Waals surface area (Å²) in [6.45, 7) is 4.93. The van der Waals surface area contributed by atoms with Crippen LogP contribution < -0.4 is 4.90 Å². The highest BCUT2D eigenvalue weighted by molar-refractivity contribution is 6.04. The Balaban J connectivity index is 2.66. The van der Waals surface area contributed by atoms with Gasteiger partial charge in [-0.2, -0.15) is 0 Å². The smallest absolute Gasteiger partial charge is 0.166 e. The summed E-state index contributed by atoms with van der Waals surface area (Å²) < 4.78 is 0. The third kappa shape index (κ3) is 1.31. The highest BCUT2D eigenvalue weighted by Crippen LogP contribution is 2.29. The van der Waals surface area contributed by atoms with Crippen molar-refractivity contribution in [2.24, 2.45) is 0 Å². The number of ketones is 1. The molecule has 1 aliphatic heterocycles. The quantitative estimate of drug-likeness (QED) is 0.624. The third-order valence-electron chi connectivity index (χ3n) is 2.82. The van der Waals surface area contributed by atoms with Crippen LogP contribution in [-0.2, 0) is 0 Å². The summed E-state index contributed by atoms with van der Waals surface area (Å²) in [4.78, 5) is 13.9. The van der Waals surface area contributed by atoms with Gasteiger partial charge in [-0.15, -0.1) is 0 Å². The summed E-state index contributed by atoms with van der Waals surface area (Å²) in [6, 6.07) is 4.18. The number of carbonyl (C=O) groups excluding carboxylic acids is 1. The third-order valence-corrected chi connectivity index (χ3v) is 2.82. The molecule has 1 aromatic carbocycles. The second-order valence-corrected chi connectivity index (χ2v) is 4.07. The zero-order valence-electron chi connectivity index (χ0n) is 8.92. The van der Waals surface area contributed by atoms with Crippen molar-refractivity contribution in [1.29, 1.82) is 0 Å².